The van der Waals surface area contributed by atoms with Crippen molar-refractivity contribution in [3.63, 3.8) is 0 Å². The molecule has 2 nitrogen and oxygen atoms in total. The minimum absolute atomic E-state index is 0.410. The Bertz CT molecular complexity index is 690. The molecule has 4 heteroatoms. The second-order valence-electron chi connectivity index (χ2n) is 5.29. The van der Waals surface area contributed by atoms with Gasteiger partial charge in [0.2, 0.25) is 5.91 Å². The van der Waals surface area contributed by atoms with Crippen LogP contribution in [-0.4, -0.2) is 5.91 Å². The van der Waals surface area contributed by atoms with Gasteiger partial charge in [-0.2, -0.15) is 0 Å². The Kier molecular flexibility index (Phi) is 6.50. The van der Waals surface area contributed by atoms with Crippen molar-refractivity contribution in [2.75, 3.05) is 0 Å². The van der Waals surface area contributed by atoms with Crippen LogP contribution in [0.3, 0.4) is 0 Å². The van der Waals surface area contributed by atoms with Crippen molar-refractivity contribution in [2.24, 2.45) is 5.73 Å². The van der Waals surface area contributed by atoms with Gasteiger partial charge in [0.15, 0.2) is 0 Å². The summed E-state index contributed by atoms with van der Waals surface area (Å²) in [5, 5.41) is 0. The lowest BCUT2D eigenvalue weighted by Gasteiger charge is -1.97. The maximum atomic E-state index is 13.8. The van der Waals surface area contributed by atoms with Crippen molar-refractivity contribution < 1.29 is 9.18 Å². The summed E-state index contributed by atoms with van der Waals surface area (Å²) in [6, 6.07) is 0. The topological polar surface area (TPSA) is 43.1 Å². The van der Waals surface area contributed by atoms with Crippen molar-refractivity contribution in [1.29, 1.82) is 0 Å². The fourth-order valence-electron chi connectivity index (χ4n) is 2.06. The van der Waals surface area contributed by atoms with E-state index >= 15 is 0 Å². The van der Waals surface area contributed by atoms with Gasteiger partial charge in [0.05, 0.1) is 0 Å². The van der Waals surface area contributed by atoms with Crippen LogP contribution >= 0.6 is 11.3 Å². The lowest BCUT2D eigenvalue weighted by atomic mass is 10.1. The average molecular weight is 319 g/mol. The molecule has 0 saturated carbocycles. The van der Waals surface area contributed by atoms with E-state index in [1.54, 1.807) is 18.3 Å². The highest BCUT2D eigenvalue weighted by Crippen LogP contribution is 2.27. The van der Waals surface area contributed by atoms with Crippen molar-refractivity contribution in [3.8, 4) is 0 Å². The number of halogens is 1. The van der Waals surface area contributed by atoms with E-state index in [2.05, 4.69) is 20.8 Å². The van der Waals surface area contributed by atoms with Gasteiger partial charge < -0.3 is 5.73 Å². The molecule has 0 saturated heterocycles. The first kappa shape index (κ1) is 18.1. The zero-order chi connectivity index (χ0) is 16.9. The molecule has 0 radical (unpaired) electrons. The molecule has 0 atom stereocenters. The smallest absolute Gasteiger partial charge is 0.241 e. The first-order chi connectivity index (χ1) is 10.2. The monoisotopic (exact) mass is 319 g/mol. The largest absolute Gasteiger partial charge is 0.366 e. The van der Waals surface area contributed by atoms with Crippen LogP contribution in [0.25, 0.3) is 6.08 Å². The number of aryl methyl sites for hydroxylation is 2. The third-order valence-electron chi connectivity index (χ3n) is 3.23. The Hall–Kier alpha value is -1.94. The SMILES string of the molecule is CC(=CC(N)=O)C=C(F)C=C(C)C=Cc1c(C)sc(C)c1C. The van der Waals surface area contributed by atoms with Gasteiger partial charge in [-0.25, -0.2) is 4.39 Å². The summed E-state index contributed by atoms with van der Waals surface area (Å²) in [4.78, 5) is 13.3. The van der Waals surface area contributed by atoms with Crippen LogP contribution in [0.15, 0.2) is 41.3 Å². The number of hydrogen-bond donors (Lipinski definition) is 1. The lowest BCUT2D eigenvalue weighted by Crippen LogP contribution is -2.06. The van der Waals surface area contributed by atoms with Gasteiger partial charge in [0.1, 0.15) is 5.83 Å². The summed E-state index contributed by atoms with van der Waals surface area (Å²) < 4.78 is 13.8. The van der Waals surface area contributed by atoms with E-state index < -0.39 is 11.7 Å². The first-order valence-corrected chi connectivity index (χ1v) is 7.80. The molecule has 0 spiro atoms. The summed E-state index contributed by atoms with van der Waals surface area (Å²) >= 11 is 1.77. The van der Waals surface area contributed by atoms with E-state index in [9.17, 15) is 9.18 Å². The Morgan fingerprint density at radius 1 is 1.05 bits per heavy atom. The van der Waals surface area contributed by atoms with Crippen LogP contribution in [0.4, 0.5) is 4.39 Å². The predicted molar refractivity (Wildman–Crippen MR) is 93.5 cm³/mol. The summed E-state index contributed by atoms with van der Waals surface area (Å²) in [5.74, 6) is -0.993. The highest BCUT2D eigenvalue weighted by molar-refractivity contribution is 7.12. The third kappa shape index (κ3) is 5.45. The molecule has 118 valence electrons. The first-order valence-electron chi connectivity index (χ1n) is 6.98. The second kappa shape index (κ2) is 7.90. The number of carbonyl (C=O) groups excluding carboxylic acids is 1. The van der Waals surface area contributed by atoms with E-state index in [0.717, 1.165) is 5.57 Å². The molecule has 1 rings (SSSR count). The van der Waals surface area contributed by atoms with Crippen LogP contribution < -0.4 is 5.73 Å². The van der Waals surface area contributed by atoms with Crippen molar-refractivity contribution in [2.45, 2.75) is 34.6 Å². The van der Waals surface area contributed by atoms with E-state index in [0.29, 0.717) is 5.57 Å². The Morgan fingerprint density at radius 2 is 1.68 bits per heavy atom. The van der Waals surface area contributed by atoms with E-state index in [1.807, 2.05) is 19.1 Å². The molecule has 1 aromatic heterocycles. The molecule has 1 amide bonds. The van der Waals surface area contributed by atoms with Gasteiger partial charge in [-0.3, -0.25) is 4.79 Å². The number of primary amides is 1. The number of nitrogens with two attached hydrogens (primary N) is 1. The fourth-order valence-corrected chi connectivity index (χ4v) is 3.12. The van der Waals surface area contributed by atoms with Crippen molar-refractivity contribution >= 4 is 23.3 Å². The van der Waals surface area contributed by atoms with Crippen molar-refractivity contribution in [1.82, 2.24) is 0 Å². The van der Waals surface area contributed by atoms with Crippen LogP contribution in [-0.2, 0) is 4.79 Å². The van der Waals surface area contributed by atoms with Crippen LogP contribution in [0.2, 0.25) is 0 Å². The molecule has 0 aromatic carbocycles. The second-order valence-corrected chi connectivity index (χ2v) is 6.72. The molecule has 0 aliphatic heterocycles. The molecule has 0 unspecified atom stereocenters. The highest BCUT2D eigenvalue weighted by atomic mass is 32.1. The minimum Gasteiger partial charge on any atom is -0.366 e. The Labute approximate surface area is 135 Å². The molecule has 1 heterocycles. The number of rotatable bonds is 5. The van der Waals surface area contributed by atoms with E-state index in [1.165, 1.54) is 39.1 Å². The van der Waals surface area contributed by atoms with Crippen molar-refractivity contribution in [3.05, 3.63) is 62.2 Å². The van der Waals surface area contributed by atoms with Gasteiger partial charge in [-0.15, -0.1) is 11.3 Å². The van der Waals surface area contributed by atoms with E-state index in [-0.39, 0.29) is 0 Å². The van der Waals surface area contributed by atoms with E-state index in [4.69, 9.17) is 5.73 Å². The predicted octanol–water partition coefficient (Wildman–Crippen LogP) is 4.92. The zero-order valence-corrected chi connectivity index (χ0v) is 14.5. The van der Waals surface area contributed by atoms with Crippen LogP contribution in [0, 0.1) is 20.8 Å². The third-order valence-corrected chi connectivity index (χ3v) is 4.37. The van der Waals surface area contributed by atoms with Crippen LogP contribution in [0.5, 0.6) is 0 Å². The van der Waals surface area contributed by atoms with Gasteiger partial charge in [-0.1, -0.05) is 12.2 Å². The van der Waals surface area contributed by atoms with Gasteiger partial charge in [-0.05, 0) is 69.0 Å². The quantitative estimate of drug-likeness (QED) is 0.607. The number of hydrogen-bond acceptors (Lipinski definition) is 2. The minimum atomic E-state index is -0.582. The molecular weight excluding hydrogens is 297 g/mol. The average Bonchev–Trinajstić information content (AvgIpc) is 2.59. The number of amides is 1. The number of carbonyl (C=O) groups is 1. The van der Waals surface area contributed by atoms with Gasteiger partial charge in [0, 0.05) is 15.8 Å². The molecule has 2 N–H and O–H groups in total. The summed E-state index contributed by atoms with van der Waals surface area (Å²) in [5.41, 5.74) is 8.76. The molecule has 1 aromatic rings. The lowest BCUT2D eigenvalue weighted by molar-refractivity contribution is -0.113. The number of allylic oxidation sites excluding steroid dienone is 6. The molecule has 0 aliphatic rings. The maximum Gasteiger partial charge on any atom is 0.241 e. The Morgan fingerprint density at radius 3 is 2.18 bits per heavy atom. The highest BCUT2D eigenvalue weighted by Gasteiger charge is 2.05. The maximum absolute atomic E-state index is 13.8. The summed E-state index contributed by atoms with van der Waals surface area (Å²) in [6.45, 7) is 9.74. The molecular formula is C18H22FNOS. The number of thiophene rings is 1. The Balaban J connectivity index is 2.92. The molecule has 22 heavy (non-hydrogen) atoms. The molecule has 0 aliphatic carbocycles. The zero-order valence-electron chi connectivity index (χ0n) is 13.7. The van der Waals surface area contributed by atoms with Gasteiger partial charge in [0.25, 0.3) is 0 Å². The summed E-state index contributed by atoms with van der Waals surface area (Å²) in [6.07, 6.45) is 7.81. The summed E-state index contributed by atoms with van der Waals surface area (Å²) in [7, 11) is 0. The van der Waals surface area contributed by atoms with Crippen LogP contribution in [0.1, 0.15) is 34.7 Å². The normalized spacial score (nSPS) is 14.0. The van der Waals surface area contributed by atoms with Gasteiger partial charge >= 0.3 is 0 Å². The fraction of sp³-hybridized carbons (Fsp3) is 0.278. The molecule has 0 bridgehead atoms. The standard InChI is InChI=1S/C18H22FNOS/c1-11(8-16(19)9-12(2)10-18(20)21)6-7-17-13(3)14(4)22-15(17)5/h6-10H,1-5H3,(H2,20,21). The molecule has 0 fully saturated rings.